The van der Waals surface area contributed by atoms with Crippen molar-refractivity contribution in [3.05, 3.63) is 29.3 Å². The number of aliphatic hydroxyl groups is 1. The molecular weight excluding hydrogens is 244 g/mol. The molecule has 4 N–H and O–H groups in total. The molecule has 0 radical (unpaired) electrons. The van der Waals surface area contributed by atoms with Gasteiger partial charge in [0.15, 0.2) is 0 Å². The van der Waals surface area contributed by atoms with Crippen LogP contribution in [0.5, 0.6) is 0 Å². The molecule has 0 saturated heterocycles. The predicted octanol–water partition coefficient (Wildman–Crippen LogP) is 0.621. The maximum Gasteiger partial charge on any atom is 0.323 e. The van der Waals surface area contributed by atoms with E-state index >= 15 is 0 Å². The third-order valence-electron chi connectivity index (χ3n) is 3.39. The van der Waals surface area contributed by atoms with Crippen molar-refractivity contribution in [2.45, 2.75) is 31.8 Å². The molecule has 0 fully saturated rings. The molecule has 2 rings (SSSR count). The second-order valence-corrected chi connectivity index (χ2v) is 5.01. The van der Waals surface area contributed by atoms with Crippen molar-refractivity contribution < 1.29 is 15.0 Å². The lowest BCUT2D eigenvalue weighted by molar-refractivity contribution is -0.140. The van der Waals surface area contributed by atoms with Gasteiger partial charge >= 0.3 is 5.97 Å². The number of carboxylic acid groups (broad SMARTS) is 1. The summed E-state index contributed by atoms with van der Waals surface area (Å²) >= 11 is 0. The van der Waals surface area contributed by atoms with Crippen molar-refractivity contribution >= 4 is 11.7 Å². The number of rotatable bonds is 6. The van der Waals surface area contributed by atoms with E-state index in [1.54, 1.807) is 0 Å². The monoisotopic (exact) mass is 264 g/mol. The van der Waals surface area contributed by atoms with Crippen LogP contribution < -0.4 is 10.6 Å². The normalized spacial score (nSPS) is 16.5. The van der Waals surface area contributed by atoms with Gasteiger partial charge < -0.3 is 15.5 Å². The highest BCUT2D eigenvalue weighted by Crippen LogP contribution is 2.23. The van der Waals surface area contributed by atoms with Gasteiger partial charge in [0.2, 0.25) is 0 Å². The van der Waals surface area contributed by atoms with Gasteiger partial charge in [-0.1, -0.05) is 12.1 Å². The fourth-order valence-electron chi connectivity index (χ4n) is 2.44. The van der Waals surface area contributed by atoms with Crippen LogP contribution >= 0.6 is 0 Å². The van der Waals surface area contributed by atoms with Gasteiger partial charge in [-0.05, 0) is 37.0 Å². The van der Waals surface area contributed by atoms with Crippen molar-refractivity contribution in [2.75, 3.05) is 18.5 Å². The summed E-state index contributed by atoms with van der Waals surface area (Å²) in [5, 5.41) is 24.1. The Morgan fingerprint density at radius 1 is 1.53 bits per heavy atom. The van der Waals surface area contributed by atoms with Gasteiger partial charge in [-0.15, -0.1) is 0 Å². The Morgan fingerprint density at radius 2 is 2.32 bits per heavy atom. The zero-order valence-electron chi connectivity index (χ0n) is 11.0. The molecule has 0 saturated carbocycles. The average molecular weight is 264 g/mol. The Hall–Kier alpha value is -1.59. The third kappa shape index (κ3) is 3.45. The summed E-state index contributed by atoms with van der Waals surface area (Å²) in [7, 11) is 0. The van der Waals surface area contributed by atoms with Gasteiger partial charge in [-0.25, -0.2) is 0 Å². The minimum absolute atomic E-state index is 0.000613. The Kier molecular flexibility index (Phi) is 4.39. The van der Waals surface area contributed by atoms with Crippen LogP contribution in [-0.2, 0) is 17.6 Å². The van der Waals surface area contributed by atoms with Crippen molar-refractivity contribution in [2.24, 2.45) is 0 Å². The first kappa shape index (κ1) is 13.8. The van der Waals surface area contributed by atoms with Crippen LogP contribution in [0.3, 0.4) is 0 Å². The summed E-state index contributed by atoms with van der Waals surface area (Å²) in [6.45, 7) is 2.52. The Bertz CT molecular complexity index is 462. The first-order chi connectivity index (χ1) is 9.10. The van der Waals surface area contributed by atoms with Crippen molar-refractivity contribution in [3.63, 3.8) is 0 Å². The molecular formula is C14H20N2O3. The van der Waals surface area contributed by atoms with Crippen LogP contribution in [0.25, 0.3) is 0 Å². The minimum atomic E-state index is -1.02. The van der Waals surface area contributed by atoms with Crippen LogP contribution in [0.15, 0.2) is 18.2 Å². The van der Waals surface area contributed by atoms with Gasteiger partial charge in [0.1, 0.15) is 6.04 Å². The highest BCUT2D eigenvalue weighted by Gasteiger charge is 2.19. The molecule has 19 heavy (non-hydrogen) atoms. The first-order valence-corrected chi connectivity index (χ1v) is 6.55. The number of aliphatic hydroxyl groups excluding tert-OH is 1. The van der Waals surface area contributed by atoms with Gasteiger partial charge in [0.25, 0.3) is 0 Å². The van der Waals surface area contributed by atoms with Crippen LogP contribution in [0.4, 0.5) is 5.69 Å². The van der Waals surface area contributed by atoms with Crippen molar-refractivity contribution in [1.29, 1.82) is 0 Å². The Labute approximate surface area is 112 Å². The molecule has 1 aromatic carbocycles. The molecule has 5 heteroatoms. The maximum atomic E-state index is 10.8. The molecule has 0 spiro atoms. The summed E-state index contributed by atoms with van der Waals surface area (Å²) in [4.78, 5) is 10.8. The van der Waals surface area contributed by atoms with Gasteiger partial charge in [0, 0.05) is 18.3 Å². The number of benzene rings is 1. The quantitative estimate of drug-likeness (QED) is 0.605. The van der Waals surface area contributed by atoms with Crippen molar-refractivity contribution in [1.82, 2.24) is 5.32 Å². The van der Waals surface area contributed by atoms with E-state index in [-0.39, 0.29) is 6.04 Å². The number of carboxylic acids is 1. The maximum absolute atomic E-state index is 10.8. The highest BCUT2D eigenvalue weighted by atomic mass is 16.4. The molecule has 0 bridgehead atoms. The molecule has 1 aromatic rings. The topological polar surface area (TPSA) is 81.6 Å². The summed E-state index contributed by atoms with van der Waals surface area (Å²) in [5.41, 5.74) is 3.70. The van der Waals surface area contributed by atoms with E-state index < -0.39 is 18.6 Å². The van der Waals surface area contributed by atoms with Gasteiger partial charge in [0.05, 0.1) is 6.61 Å². The summed E-state index contributed by atoms with van der Waals surface area (Å²) in [6, 6.07) is 5.41. The molecule has 0 aromatic heterocycles. The van der Waals surface area contributed by atoms with E-state index in [1.807, 2.05) is 6.92 Å². The lowest BCUT2D eigenvalue weighted by Gasteiger charge is -2.18. The summed E-state index contributed by atoms with van der Waals surface area (Å²) < 4.78 is 0. The zero-order valence-corrected chi connectivity index (χ0v) is 11.0. The van der Waals surface area contributed by atoms with Crippen molar-refractivity contribution in [3.8, 4) is 0 Å². The van der Waals surface area contributed by atoms with Gasteiger partial charge in [-0.3, -0.25) is 10.1 Å². The lowest BCUT2D eigenvalue weighted by atomic mass is 10.0. The van der Waals surface area contributed by atoms with E-state index in [4.69, 9.17) is 10.2 Å². The predicted molar refractivity (Wildman–Crippen MR) is 73.4 cm³/mol. The summed E-state index contributed by atoms with van der Waals surface area (Å²) in [5.74, 6) is -1.02. The molecule has 1 aliphatic heterocycles. The summed E-state index contributed by atoms with van der Waals surface area (Å²) in [6.07, 6.45) is 1.79. The second kappa shape index (κ2) is 6.04. The minimum Gasteiger partial charge on any atom is -0.480 e. The fraction of sp³-hybridized carbons (Fsp3) is 0.500. The van der Waals surface area contributed by atoms with Crippen LogP contribution in [-0.4, -0.2) is 41.4 Å². The molecule has 104 valence electrons. The number of fused-ring (bicyclic) bond motifs is 1. The van der Waals surface area contributed by atoms with E-state index in [0.717, 1.165) is 19.4 Å². The number of anilines is 1. The molecule has 2 atom stereocenters. The number of carbonyl (C=O) groups is 1. The SMILES string of the molecule is CC(Cc1ccc2c(c1)CCN2)NC(CO)C(=O)O. The van der Waals surface area contributed by atoms with Gasteiger partial charge in [-0.2, -0.15) is 0 Å². The van der Waals surface area contributed by atoms with Crippen LogP contribution in [0, 0.1) is 0 Å². The second-order valence-electron chi connectivity index (χ2n) is 5.01. The molecule has 5 nitrogen and oxygen atoms in total. The van der Waals surface area contributed by atoms with E-state index in [2.05, 4.69) is 28.8 Å². The number of aliphatic carboxylic acids is 1. The Balaban J connectivity index is 1.95. The largest absolute Gasteiger partial charge is 0.480 e. The number of hydrogen-bond acceptors (Lipinski definition) is 4. The molecule has 0 aliphatic carbocycles. The van der Waals surface area contributed by atoms with Crippen LogP contribution in [0.2, 0.25) is 0 Å². The fourth-order valence-corrected chi connectivity index (χ4v) is 2.44. The van der Waals surface area contributed by atoms with E-state index in [0.29, 0.717) is 0 Å². The molecule has 1 aliphatic rings. The molecule has 1 heterocycles. The van der Waals surface area contributed by atoms with E-state index in [1.165, 1.54) is 16.8 Å². The van der Waals surface area contributed by atoms with Crippen LogP contribution in [0.1, 0.15) is 18.1 Å². The number of nitrogens with one attached hydrogen (secondary N) is 2. The Morgan fingerprint density at radius 3 is 3.00 bits per heavy atom. The molecule has 0 amide bonds. The molecule has 2 unspecified atom stereocenters. The van der Waals surface area contributed by atoms with E-state index in [9.17, 15) is 4.79 Å². The smallest absolute Gasteiger partial charge is 0.323 e. The average Bonchev–Trinajstić information content (AvgIpc) is 2.82. The third-order valence-corrected chi connectivity index (χ3v) is 3.39. The zero-order chi connectivity index (χ0) is 13.8. The number of hydrogen-bond donors (Lipinski definition) is 4. The highest BCUT2D eigenvalue weighted by molar-refractivity contribution is 5.73. The first-order valence-electron chi connectivity index (χ1n) is 6.55. The standard InChI is InChI=1S/C14H20N2O3/c1-9(16-13(8-17)14(18)19)6-10-2-3-12-11(7-10)4-5-15-12/h2-3,7,9,13,15-17H,4-6,8H2,1H3,(H,18,19). The lowest BCUT2D eigenvalue weighted by Crippen LogP contribution is -2.45.